The van der Waals surface area contributed by atoms with Crippen LogP contribution in [0.1, 0.15) is 40.8 Å². The summed E-state index contributed by atoms with van der Waals surface area (Å²) in [7, 11) is 0.578. The second-order valence-electron chi connectivity index (χ2n) is 8.56. The molecule has 0 radical (unpaired) electrons. The lowest BCUT2D eigenvalue weighted by atomic mass is 10.0. The molecule has 2 atom stereocenters. The molecule has 8 nitrogen and oxygen atoms in total. The van der Waals surface area contributed by atoms with Gasteiger partial charge in [0.2, 0.25) is 5.76 Å². The monoisotopic (exact) mass is 471 g/mol. The van der Waals surface area contributed by atoms with Gasteiger partial charge in [-0.2, -0.15) is 0 Å². The SMILES string of the molecule is CC(O)c1ccc(C(C(=O)Nc2ccc(S(C)(C)C)cc2)N(C)C(=O)c2cc(O)no2)cc1. The van der Waals surface area contributed by atoms with Crippen LogP contribution < -0.4 is 5.32 Å². The Morgan fingerprint density at radius 1 is 1.03 bits per heavy atom. The molecule has 1 aromatic heterocycles. The van der Waals surface area contributed by atoms with Crippen molar-refractivity contribution in [1.82, 2.24) is 10.1 Å². The number of aromatic hydroxyl groups is 1. The van der Waals surface area contributed by atoms with Crippen LogP contribution in [-0.4, -0.2) is 57.9 Å². The largest absolute Gasteiger partial charge is 0.491 e. The fourth-order valence-electron chi connectivity index (χ4n) is 3.32. The lowest BCUT2D eigenvalue weighted by molar-refractivity contribution is -0.120. The molecule has 0 saturated carbocycles. The van der Waals surface area contributed by atoms with Gasteiger partial charge in [0, 0.05) is 12.7 Å². The molecule has 3 aromatic rings. The molecule has 3 rings (SSSR count). The molecule has 0 saturated heterocycles. The van der Waals surface area contributed by atoms with Gasteiger partial charge in [-0.3, -0.25) is 9.59 Å². The minimum Gasteiger partial charge on any atom is -0.491 e. The van der Waals surface area contributed by atoms with Crippen LogP contribution in [0.3, 0.4) is 0 Å². The molecule has 176 valence electrons. The van der Waals surface area contributed by atoms with E-state index in [1.807, 2.05) is 24.3 Å². The summed E-state index contributed by atoms with van der Waals surface area (Å²) >= 11 is 0. The van der Waals surface area contributed by atoms with Gasteiger partial charge in [-0.1, -0.05) is 24.3 Å². The van der Waals surface area contributed by atoms with Crippen LogP contribution in [-0.2, 0) is 4.79 Å². The Bertz CT molecular complexity index is 1120. The molecule has 0 bridgehead atoms. The molecule has 0 aliphatic carbocycles. The topological polar surface area (TPSA) is 116 Å². The molecule has 9 heteroatoms. The van der Waals surface area contributed by atoms with Crippen molar-refractivity contribution in [2.24, 2.45) is 0 Å². The molecule has 0 spiro atoms. The van der Waals surface area contributed by atoms with E-state index in [0.29, 0.717) is 16.8 Å². The number of carbonyl (C=O) groups excluding carboxylic acids is 2. The highest BCUT2D eigenvalue weighted by atomic mass is 32.3. The van der Waals surface area contributed by atoms with E-state index in [-0.39, 0.29) is 5.76 Å². The van der Waals surface area contributed by atoms with Crippen LogP contribution in [0.5, 0.6) is 5.88 Å². The predicted octanol–water partition coefficient (Wildman–Crippen LogP) is 3.94. The average molecular weight is 472 g/mol. The van der Waals surface area contributed by atoms with E-state index >= 15 is 0 Å². The van der Waals surface area contributed by atoms with Crippen LogP contribution in [0.4, 0.5) is 5.69 Å². The number of aliphatic hydroxyl groups excluding tert-OH is 1. The van der Waals surface area contributed by atoms with Crippen LogP contribution in [0.2, 0.25) is 0 Å². The van der Waals surface area contributed by atoms with Crippen LogP contribution >= 0.6 is 10.0 Å². The van der Waals surface area contributed by atoms with Gasteiger partial charge in [-0.25, -0.2) is 10.0 Å². The van der Waals surface area contributed by atoms with E-state index in [0.717, 1.165) is 6.07 Å². The fourth-order valence-corrected chi connectivity index (χ4v) is 4.28. The molecule has 2 aromatic carbocycles. The molecule has 0 fully saturated rings. The number of hydrogen-bond acceptors (Lipinski definition) is 6. The Balaban J connectivity index is 1.91. The third-order valence-electron chi connectivity index (χ3n) is 5.23. The molecular weight excluding hydrogens is 442 g/mol. The average Bonchev–Trinajstić information content (AvgIpc) is 3.19. The van der Waals surface area contributed by atoms with E-state index in [4.69, 9.17) is 4.52 Å². The summed E-state index contributed by atoms with van der Waals surface area (Å²) in [5, 5.41) is 25.4. The Morgan fingerprint density at radius 2 is 1.61 bits per heavy atom. The number of likely N-dealkylation sites (N-methyl/N-ethyl adjacent to an activating group) is 1. The van der Waals surface area contributed by atoms with Crippen molar-refractivity contribution < 1.29 is 24.3 Å². The molecule has 0 aliphatic heterocycles. The van der Waals surface area contributed by atoms with Crippen molar-refractivity contribution >= 4 is 27.5 Å². The minimum atomic E-state index is -0.999. The van der Waals surface area contributed by atoms with Crippen LogP contribution in [0.15, 0.2) is 64.0 Å². The Morgan fingerprint density at radius 3 is 2.09 bits per heavy atom. The van der Waals surface area contributed by atoms with Crippen molar-refractivity contribution in [2.45, 2.75) is 24.0 Å². The van der Waals surface area contributed by atoms with Crippen molar-refractivity contribution in [2.75, 3.05) is 31.1 Å². The van der Waals surface area contributed by atoms with E-state index in [1.165, 1.54) is 16.8 Å². The summed E-state index contributed by atoms with van der Waals surface area (Å²) in [4.78, 5) is 28.7. The zero-order chi connectivity index (χ0) is 24.3. The number of nitrogens with one attached hydrogen (secondary N) is 1. The number of benzene rings is 2. The fraction of sp³-hybridized carbons (Fsp3) is 0.292. The molecule has 1 heterocycles. The number of aliphatic hydroxyl groups is 1. The van der Waals surface area contributed by atoms with Gasteiger partial charge in [0.15, 0.2) is 0 Å². The molecular formula is C24H29N3O5S. The van der Waals surface area contributed by atoms with E-state index in [9.17, 15) is 19.8 Å². The summed E-state index contributed by atoms with van der Waals surface area (Å²) in [6, 6.07) is 14.6. The maximum absolute atomic E-state index is 13.4. The van der Waals surface area contributed by atoms with Crippen molar-refractivity contribution in [3.8, 4) is 5.88 Å². The molecule has 2 amide bonds. The summed E-state index contributed by atoms with van der Waals surface area (Å²) in [6.07, 6.45) is 5.91. The van der Waals surface area contributed by atoms with Crippen molar-refractivity contribution in [3.05, 3.63) is 71.5 Å². The smallest absolute Gasteiger partial charge is 0.293 e. The predicted molar refractivity (Wildman–Crippen MR) is 129 cm³/mol. The standard InChI is InChI=1S/C24H29N3O5S/c1-15(28)16-6-8-17(9-7-16)22(27(2)24(31)20-14-21(29)26-32-20)23(30)25-18-10-12-19(13-11-18)33(3,4)5/h6-15,22,28H,1-5H3,(H,25,30)(H,26,29). The molecule has 33 heavy (non-hydrogen) atoms. The number of nitrogens with zero attached hydrogens (tertiary/aromatic N) is 2. The molecule has 0 aliphatic rings. The van der Waals surface area contributed by atoms with Gasteiger partial charge < -0.3 is 25.0 Å². The first-order chi connectivity index (χ1) is 15.5. The van der Waals surface area contributed by atoms with Gasteiger partial charge in [0.25, 0.3) is 17.7 Å². The number of anilines is 1. The number of amides is 2. The summed E-state index contributed by atoms with van der Waals surface area (Å²) in [6.45, 7) is 1.65. The second-order valence-corrected chi connectivity index (χ2v) is 12.7. The normalized spacial score (nSPS) is 13.8. The highest BCUT2D eigenvalue weighted by molar-refractivity contribution is 8.32. The van der Waals surface area contributed by atoms with E-state index < -0.39 is 39.9 Å². The zero-order valence-corrected chi connectivity index (χ0v) is 20.1. The Kier molecular flexibility index (Phi) is 7.14. The lowest BCUT2D eigenvalue weighted by Gasteiger charge is -2.28. The highest BCUT2D eigenvalue weighted by Gasteiger charge is 2.31. The maximum Gasteiger partial charge on any atom is 0.293 e. The molecule has 2 unspecified atom stereocenters. The van der Waals surface area contributed by atoms with Crippen molar-refractivity contribution in [3.63, 3.8) is 0 Å². The van der Waals surface area contributed by atoms with Gasteiger partial charge in [-0.05, 0) is 71.1 Å². The van der Waals surface area contributed by atoms with E-state index in [2.05, 4.69) is 29.2 Å². The van der Waals surface area contributed by atoms with Crippen LogP contribution in [0.25, 0.3) is 0 Å². The first kappa shape index (κ1) is 24.3. The first-order valence-corrected chi connectivity index (χ1v) is 13.1. The minimum absolute atomic E-state index is 0.189. The number of rotatable bonds is 7. The lowest BCUT2D eigenvalue weighted by Crippen LogP contribution is -2.38. The van der Waals surface area contributed by atoms with Gasteiger partial charge in [0.1, 0.15) is 6.04 Å². The van der Waals surface area contributed by atoms with Crippen LogP contribution in [0, 0.1) is 0 Å². The number of aromatic nitrogens is 1. The number of hydrogen-bond donors (Lipinski definition) is 3. The second kappa shape index (κ2) is 9.68. The van der Waals surface area contributed by atoms with E-state index in [1.54, 1.807) is 31.2 Å². The Labute approximate surface area is 194 Å². The zero-order valence-electron chi connectivity index (χ0n) is 19.3. The number of carbonyl (C=O) groups is 2. The van der Waals surface area contributed by atoms with Gasteiger partial charge in [-0.15, -0.1) is 0 Å². The third-order valence-corrected chi connectivity index (χ3v) is 6.91. The van der Waals surface area contributed by atoms with Crippen molar-refractivity contribution in [1.29, 1.82) is 0 Å². The maximum atomic E-state index is 13.4. The summed E-state index contributed by atoms with van der Waals surface area (Å²) in [5.74, 6) is -1.65. The molecule has 3 N–H and O–H groups in total. The third kappa shape index (κ3) is 5.74. The summed E-state index contributed by atoms with van der Waals surface area (Å²) < 4.78 is 4.87. The van der Waals surface area contributed by atoms with Gasteiger partial charge >= 0.3 is 0 Å². The first-order valence-electron chi connectivity index (χ1n) is 10.3. The quantitative estimate of drug-likeness (QED) is 0.481. The Hall–Kier alpha value is -3.30. The van der Waals surface area contributed by atoms with Gasteiger partial charge in [0.05, 0.1) is 12.2 Å². The summed E-state index contributed by atoms with van der Waals surface area (Å²) in [5.41, 5.74) is 1.84. The highest BCUT2D eigenvalue weighted by Crippen LogP contribution is 2.45.